The van der Waals surface area contributed by atoms with Crippen LogP contribution in [0.3, 0.4) is 0 Å². The van der Waals surface area contributed by atoms with Crippen molar-refractivity contribution in [3.63, 3.8) is 0 Å². The summed E-state index contributed by atoms with van der Waals surface area (Å²) in [4.78, 5) is 26.4. The van der Waals surface area contributed by atoms with Crippen molar-refractivity contribution < 1.29 is 9.18 Å². The number of aromatic nitrogens is 2. The van der Waals surface area contributed by atoms with Crippen LogP contribution in [0.15, 0.2) is 59.6 Å². The number of anilines is 1. The van der Waals surface area contributed by atoms with E-state index in [4.69, 9.17) is 0 Å². The van der Waals surface area contributed by atoms with E-state index < -0.39 is 0 Å². The summed E-state index contributed by atoms with van der Waals surface area (Å²) < 4.78 is 16.6. The molecule has 0 spiro atoms. The summed E-state index contributed by atoms with van der Waals surface area (Å²) in [5.41, 5.74) is 2.20. The quantitative estimate of drug-likeness (QED) is 0.562. The average Bonchev–Trinajstić information content (AvgIpc) is 3.07. The molecule has 182 valence electrons. The van der Waals surface area contributed by atoms with Crippen molar-refractivity contribution in [3.05, 3.63) is 71.8 Å². The van der Waals surface area contributed by atoms with Crippen LogP contribution in [0.4, 0.5) is 10.2 Å². The fourth-order valence-corrected chi connectivity index (χ4v) is 5.30. The first-order valence-corrected chi connectivity index (χ1v) is 13.0. The molecule has 0 radical (unpaired) electrons. The predicted molar refractivity (Wildman–Crippen MR) is 139 cm³/mol. The van der Waals surface area contributed by atoms with E-state index in [1.54, 1.807) is 36.2 Å². The number of carbonyl (C=O) groups is 1. The van der Waals surface area contributed by atoms with E-state index >= 15 is 0 Å². The lowest BCUT2D eigenvalue weighted by atomic mass is 10.1. The Bertz CT molecular complexity index is 1210. The van der Waals surface area contributed by atoms with Gasteiger partial charge in [0.1, 0.15) is 17.3 Å². The third kappa shape index (κ3) is 5.11. The number of piperazine rings is 1. The zero-order chi connectivity index (χ0) is 24.2. The molecule has 2 aliphatic rings. The molecule has 1 fully saturated rings. The van der Waals surface area contributed by atoms with Crippen LogP contribution in [0.25, 0.3) is 11.3 Å². The lowest BCUT2D eigenvalue weighted by molar-refractivity contribution is -0.131. The number of aliphatic imine (C=N–C) groups is 1. The summed E-state index contributed by atoms with van der Waals surface area (Å²) in [6, 6.07) is 17.4. The summed E-state index contributed by atoms with van der Waals surface area (Å²) in [6.45, 7) is 5.37. The molecular weight excluding hydrogens is 463 g/mol. The van der Waals surface area contributed by atoms with Crippen LogP contribution in [0.2, 0.25) is 0 Å². The third-order valence-electron chi connectivity index (χ3n) is 6.62. The minimum atomic E-state index is -0.344. The first-order valence-electron chi connectivity index (χ1n) is 11.9. The summed E-state index contributed by atoms with van der Waals surface area (Å²) >= 11 is 1.64. The smallest absolute Gasteiger partial charge is 0.242 e. The maximum Gasteiger partial charge on any atom is 0.242 e. The van der Waals surface area contributed by atoms with Crippen molar-refractivity contribution in [1.29, 1.82) is 0 Å². The number of imidazole rings is 1. The molecule has 3 heterocycles. The molecule has 0 aliphatic carbocycles. The zero-order valence-electron chi connectivity index (χ0n) is 19.7. The number of rotatable bonds is 6. The summed E-state index contributed by atoms with van der Waals surface area (Å²) in [6.07, 6.45) is 1.71. The van der Waals surface area contributed by atoms with Crippen molar-refractivity contribution in [1.82, 2.24) is 19.4 Å². The molecule has 1 N–H and O–H groups in total. The van der Waals surface area contributed by atoms with E-state index in [0.29, 0.717) is 53.8 Å². The summed E-state index contributed by atoms with van der Waals surface area (Å²) in [5.74, 6) is 2.26. The Kier molecular flexibility index (Phi) is 7.15. The van der Waals surface area contributed by atoms with Gasteiger partial charge in [0.2, 0.25) is 5.91 Å². The normalized spacial score (nSPS) is 17.0. The lowest BCUT2D eigenvalue weighted by Crippen LogP contribution is -2.50. The first-order chi connectivity index (χ1) is 17.1. The Hall–Kier alpha value is -3.17. The van der Waals surface area contributed by atoms with Crippen molar-refractivity contribution >= 4 is 29.7 Å². The van der Waals surface area contributed by atoms with E-state index in [0.717, 1.165) is 13.1 Å². The second-order valence-electron chi connectivity index (χ2n) is 8.71. The molecule has 35 heavy (non-hydrogen) atoms. The fourth-order valence-electron chi connectivity index (χ4n) is 4.60. The molecule has 0 saturated carbocycles. The van der Waals surface area contributed by atoms with Crippen LogP contribution < -0.4 is 5.32 Å². The highest BCUT2D eigenvalue weighted by molar-refractivity contribution is 7.98. The highest BCUT2D eigenvalue weighted by atomic mass is 32.2. The Labute approximate surface area is 209 Å². The van der Waals surface area contributed by atoms with Gasteiger partial charge in [-0.3, -0.25) is 19.3 Å². The second-order valence-corrected chi connectivity index (χ2v) is 9.63. The van der Waals surface area contributed by atoms with Crippen LogP contribution in [0, 0.1) is 5.82 Å². The van der Waals surface area contributed by atoms with Gasteiger partial charge in [0.15, 0.2) is 5.82 Å². The maximum absolute atomic E-state index is 14.6. The summed E-state index contributed by atoms with van der Waals surface area (Å²) in [7, 11) is 0. The van der Waals surface area contributed by atoms with Crippen molar-refractivity contribution in [2.45, 2.75) is 18.8 Å². The predicted octanol–water partition coefficient (Wildman–Crippen LogP) is 4.09. The Balaban J connectivity index is 1.27. The summed E-state index contributed by atoms with van der Waals surface area (Å²) in [5, 5.41) is 3.29. The minimum absolute atomic E-state index is 0.0296. The van der Waals surface area contributed by atoms with Crippen LogP contribution in [-0.2, 0) is 10.7 Å². The van der Waals surface area contributed by atoms with Crippen LogP contribution in [0.1, 0.15) is 24.4 Å². The monoisotopic (exact) mass is 492 g/mol. The molecule has 3 aromatic rings. The number of halogens is 1. The Morgan fingerprint density at radius 2 is 1.83 bits per heavy atom. The van der Waals surface area contributed by atoms with Gasteiger partial charge in [-0.25, -0.2) is 9.37 Å². The molecule has 1 amide bonds. The number of hydrogen-bond donors (Lipinski definition) is 1. The topological polar surface area (TPSA) is 65.8 Å². The molecular formula is C26H29FN6OS. The molecule has 2 aromatic carbocycles. The van der Waals surface area contributed by atoms with E-state index in [9.17, 15) is 9.18 Å². The lowest BCUT2D eigenvalue weighted by Gasteiger charge is -2.38. The molecule has 7 nitrogen and oxygen atoms in total. The van der Waals surface area contributed by atoms with E-state index in [1.165, 1.54) is 11.6 Å². The van der Waals surface area contributed by atoms with Crippen molar-refractivity contribution in [3.8, 4) is 11.3 Å². The zero-order valence-corrected chi connectivity index (χ0v) is 20.5. The average molecular weight is 493 g/mol. The molecule has 1 aromatic heterocycles. The number of fused-ring (bicyclic) bond motifs is 1. The van der Waals surface area contributed by atoms with Gasteiger partial charge in [0.05, 0.1) is 24.5 Å². The SMILES string of the molecule is CC(c1ccccc1)N1CCN(C(=O)CNc2c(-c3ccccc3F)nc3n2CSCN=C3)CC1. The number of carbonyl (C=O) groups excluding carboxylic acids is 1. The standard InChI is InChI=1S/C26H29FN6OS/c1-19(20-7-3-2-4-8-20)31-11-13-32(14-12-31)24(34)16-29-26-25(21-9-5-6-10-22(21)27)30-23-15-28-17-35-18-33(23)26/h2-10,15,19,29H,11-14,16-18H2,1H3. The molecule has 1 unspecified atom stereocenters. The number of hydrogen-bond acceptors (Lipinski definition) is 6. The van der Waals surface area contributed by atoms with E-state index in [-0.39, 0.29) is 18.3 Å². The molecule has 1 atom stereocenters. The second kappa shape index (κ2) is 10.6. The Morgan fingerprint density at radius 3 is 2.60 bits per heavy atom. The van der Waals surface area contributed by atoms with Gasteiger partial charge in [-0.15, -0.1) is 11.8 Å². The van der Waals surface area contributed by atoms with Crippen LogP contribution >= 0.6 is 11.8 Å². The van der Waals surface area contributed by atoms with Gasteiger partial charge in [-0.2, -0.15) is 0 Å². The highest BCUT2D eigenvalue weighted by Gasteiger charge is 2.26. The number of thioether (sulfide) groups is 1. The molecule has 5 rings (SSSR count). The molecule has 9 heteroatoms. The van der Waals surface area contributed by atoms with Crippen molar-refractivity contribution in [2.75, 3.05) is 43.9 Å². The maximum atomic E-state index is 14.6. The van der Waals surface area contributed by atoms with Gasteiger partial charge in [-0.05, 0) is 24.6 Å². The van der Waals surface area contributed by atoms with E-state index in [2.05, 4.69) is 51.4 Å². The van der Waals surface area contributed by atoms with Crippen LogP contribution in [-0.4, -0.2) is 70.1 Å². The number of nitrogens with zero attached hydrogens (tertiary/aromatic N) is 5. The third-order valence-corrected chi connectivity index (χ3v) is 7.40. The number of benzene rings is 2. The Morgan fingerprint density at radius 1 is 1.09 bits per heavy atom. The highest BCUT2D eigenvalue weighted by Crippen LogP contribution is 2.32. The van der Waals surface area contributed by atoms with Gasteiger partial charge >= 0.3 is 0 Å². The van der Waals surface area contributed by atoms with Gasteiger partial charge < -0.3 is 10.2 Å². The largest absolute Gasteiger partial charge is 0.361 e. The molecule has 1 saturated heterocycles. The van der Waals surface area contributed by atoms with Gasteiger partial charge in [-0.1, -0.05) is 42.5 Å². The number of nitrogens with one attached hydrogen (secondary N) is 1. The minimum Gasteiger partial charge on any atom is -0.361 e. The first kappa shape index (κ1) is 23.6. The van der Waals surface area contributed by atoms with Gasteiger partial charge in [0, 0.05) is 37.8 Å². The number of amides is 1. The van der Waals surface area contributed by atoms with E-state index in [1.807, 2.05) is 15.5 Å². The van der Waals surface area contributed by atoms with Crippen LogP contribution in [0.5, 0.6) is 0 Å². The molecule has 0 bridgehead atoms. The van der Waals surface area contributed by atoms with Gasteiger partial charge in [0.25, 0.3) is 0 Å². The van der Waals surface area contributed by atoms with Crippen molar-refractivity contribution in [2.24, 2.45) is 4.99 Å². The fraction of sp³-hybridized carbons (Fsp3) is 0.346. The molecule has 2 aliphatic heterocycles.